The van der Waals surface area contributed by atoms with Crippen molar-refractivity contribution in [1.29, 1.82) is 0 Å². The maximum absolute atomic E-state index is 11.0. The van der Waals surface area contributed by atoms with E-state index in [4.69, 9.17) is 0 Å². The highest BCUT2D eigenvalue weighted by Gasteiger charge is 2.24. The number of hydrogen-bond donors (Lipinski definition) is 0. The Morgan fingerprint density at radius 3 is 2.27 bits per heavy atom. The van der Waals surface area contributed by atoms with E-state index in [-0.39, 0.29) is 5.97 Å². The predicted molar refractivity (Wildman–Crippen MR) is 98.6 cm³/mol. The van der Waals surface area contributed by atoms with Crippen LogP contribution in [0.5, 0.6) is 0 Å². The number of hydrogen-bond acceptors (Lipinski definition) is 2. The van der Waals surface area contributed by atoms with Crippen molar-refractivity contribution < 1.29 is 9.53 Å². The number of carbonyl (C=O) groups is 1. The number of rotatable bonds is 10. The van der Waals surface area contributed by atoms with Gasteiger partial charge in [0.15, 0.2) is 0 Å². The summed E-state index contributed by atoms with van der Waals surface area (Å²) in [6.07, 6.45) is 6.60. The highest BCUT2D eigenvalue weighted by molar-refractivity contribution is 6.80. The molecule has 3 heteroatoms. The van der Waals surface area contributed by atoms with Gasteiger partial charge in [-0.3, -0.25) is 4.79 Å². The molecule has 2 nitrogen and oxygen atoms in total. The van der Waals surface area contributed by atoms with Gasteiger partial charge in [0.25, 0.3) is 0 Å². The van der Waals surface area contributed by atoms with Crippen LogP contribution in [-0.4, -0.2) is 21.2 Å². The van der Waals surface area contributed by atoms with Gasteiger partial charge in [0.05, 0.1) is 15.2 Å². The Bertz CT molecular complexity index is 389. The molecule has 0 aromatic rings. The molecule has 0 heterocycles. The summed E-state index contributed by atoms with van der Waals surface area (Å²) in [7, 11) is 0.377. The molecule has 0 fully saturated rings. The van der Waals surface area contributed by atoms with Gasteiger partial charge in [-0.2, -0.15) is 0 Å². The van der Waals surface area contributed by atoms with Gasteiger partial charge in [-0.1, -0.05) is 50.6 Å². The van der Waals surface area contributed by atoms with Gasteiger partial charge in [0.1, 0.15) is 0 Å². The minimum absolute atomic E-state index is 0.117. The molecular weight excluding hydrogens is 288 g/mol. The fourth-order valence-electron chi connectivity index (χ4n) is 2.57. The average Bonchev–Trinajstić information content (AvgIpc) is 2.54. The van der Waals surface area contributed by atoms with Crippen molar-refractivity contribution in [3.05, 3.63) is 11.6 Å². The zero-order valence-electron chi connectivity index (χ0n) is 15.3. The second-order valence-corrected chi connectivity index (χ2v) is 11.6. The Balaban J connectivity index is 3.98. The van der Waals surface area contributed by atoms with Crippen molar-refractivity contribution in [3.63, 3.8) is 0 Å². The van der Waals surface area contributed by atoms with Crippen LogP contribution in [0.4, 0.5) is 0 Å². The fraction of sp³-hybridized carbons (Fsp3) is 0.737. The zero-order chi connectivity index (χ0) is 16.8. The molecule has 0 amide bonds. The summed E-state index contributed by atoms with van der Waals surface area (Å²) < 4.78 is 4.64. The molecule has 0 N–H and O–H groups in total. The van der Waals surface area contributed by atoms with Crippen LogP contribution >= 0.6 is 0 Å². The van der Waals surface area contributed by atoms with Gasteiger partial charge in [0, 0.05) is 18.9 Å². The normalized spacial score (nSPS) is 11.8. The highest BCUT2D eigenvalue weighted by Crippen LogP contribution is 2.24. The van der Waals surface area contributed by atoms with E-state index in [1.54, 1.807) is 0 Å². The molecule has 0 saturated heterocycles. The van der Waals surface area contributed by atoms with E-state index in [1.165, 1.54) is 36.9 Å². The van der Waals surface area contributed by atoms with Crippen molar-refractivity contribution in [2.45, 2.75) is 84.0 Å². The van der Waals surface area contributed by atoms with Gasteiger partial charge >= 0.3 is 5.97 Å². The number of methoxy groups -OCH3 is 1. The summed E-state index contributed by atoms with van der Waals surface area (Å²) in [5.41, 5.74) is 1.35. The Hall–Kier alpha value is -1.01. The van der Waals surface area contributed by atoms with Gasteiger partial charge in [-0.25, -0.2) is 0 Å². The zero-order valence-corrected chi connectivity index (χ0v) is 16.3. The van der Waals surface area contributed by atoms with Crippen LogP contribution < -0.4 is 0 Å². The summed E-state index contributed by atoms with van der Waals surface area (Å²) in [6.45, 7) is 9.14. The highest BCUT2D eigenvalue weighted by atomic mass is 28.3. The summed E-state index contributed by atoms with van der Waals surface area (Å²) in [5, 5.41) is 0. The van der Waals surface area contributed by atoms with Crippen LogP contribution in [0.15, 0.2) is 11.6 Å². The van der Waals surface area contributed by atoms with E-state index in [2.05, 4.69) is 50.3 Å². The summed E-state index contributed by atoms with van der Waals surface area (Å²) in [6, 6.07) is 5.23. The van der Waals surface area contributed by atoms with Crippen LogP contribution in [0.2, 0.25) is 24.2 Å². The Kier molecular flexibility index (Phi) is 11.9. The van der Waals surface area contributed by atoms with E-state index in [9.17, 15) is 4.79 Å². The van der Waals surface area contributed by atoms with Gasteiger partial charge in [-0.05, 0) is 26.2 Å². The molecule has 0 aromatic heterocycles. The maximum atomic E-state index is 11.0. The van der Waals surface area contributed by atoms with Gasteiger partial charge in [-0.15, -0.1) is 11.8 Å². The minimum atomic E-state index is -1.06. The fourth-order valence-corrected chi connectivity index (χ4v) is 5.32. The second kappa shape index (κ2) is 12.5. The monoisotopic (exact) mass is 322 g/mol. The third-order valence-electron chi connectivity index (χ3n) is 4.78. The molecule has 0 unspecified atom stereocenters. The Labute approximate surface area is 138 Å². The molecule has 0 spiro atoms. The molecule has 0 aliphatic carbocycles. The maximum Gasteiger partial charge on any atom is 0.305 e. The summed E-state index contributed by atoms with van der Waals surface area (Å²) >= 11 is 0. The second-order valence-electron chi connectivity index (χ2n) is 6.11. The van der Waals surface area contributed by atoms with Gasteiger partial charge < -0.3 is 4.74 Å². The lowest BCUT2D eigenvalue weighted by Crippen LogP contribution is -2.30. The minimum Gasteiger partial charge on any atom is -0.469 e. The quantitative estimate of drug-likeness (QED) is 0.173. The van der Waals surface area contributed by atoms with Crippen LogP contribution in [0.1, 0.15) is 59.8 Å². The van der Waals surface area contributed by atoms with Crippen molar-refractivity contribution in [2.24, 2.45) is 0 Å². The van der Waals surface area contributed by atoms with Crippen molar-refractivity contribution in [3.8, 4) is 11.8 Å². The molecule has 0 bridgehead atoms. The van der Waals surface area contributed by atoms with E-state index in [0.29, 0.717) is 6.42 Å². The van der Waals surface area contributed by atoms with Crippen LogP contribution in [0.25, 0.3) is 0 Å². The van der Waals surface area contributed by atoms with E-state index in [1.807, 2.05) is 0 Å². The van der Waals surface area contributed by atoms with Crippen molar-refractivity contribution in [2.75, 3.05) is 7.11 Å². The van der Waals surface area contributed by atoms with Crippen LogP contribution in [0, 0.1) is 11.8 Å². The van der Waals surface area contributed by atoms with Gasteiger partial charge in [0.2, 0.25) is 0 Å². The molecule has 22 heavy (non-hydrogen) atoms. The molecule has 0 saturated carbocycles. The number of ether oxygens (including phenoxy) is 1. The first-order valence-electron chi connectivity index (χ1n) is 8.71. The van der Waals surface area contributed by atoms with E-state index >= 15 is 0 Å². The molecule has 0 aromatic carbocycles. The average molecular weight is 323 g/mol. The summed E-state index contributed by atoms with van der Waals surface area (Å²) in [5.74, 6) is 6.67. The molecule has 0 atom stereocenters. The van der Waals surface area contributed by atoms with Crippen molar-refractivity contribution in [1.82, 2.24) is 0 Å². The third kappa shape index (κ3) is 9.10. The first-order valence-corrected chi connectivity index (χ1v) is 11.5. The lowest BCUT2D eigenvalue weighted by Gasteiger charge is -2.25. The largest absolute Gasteiger partial charge is 0.469 e. The topological polar surface area (TPSA) is 26.3 Å². The molecule has 126 valence electrons. The lowest BCUT2D eigenvalue weighted by molar-refractivity contribution is -0.140. The number of unbranched alkanes of at least 4 members (excludes halogenated alkanes) is 1. The van der Waals surface area contributed by atoms with Crippen molar-refractivity contribution >= 4 is 14.0 Å². The standard InChI is InChI=1S/C19H34O2Si/c1-6-22(7-2,8-3)17-12-10-9-11-14-18(4)15-13-16-19(20)21-5/h14H,6-9,11,13,15-17H2,1-5H3/b18-14+. The smallest absolute Gasteiger partial charge is 0.305 e. The predicted octanol–water partition coefficient (Wildman–Crippen LogP) is 5.57. The molecule has 0 aliphatic heterocycles. The number of esters is 1. The lowest BCUT2D eigenvalue weighted by atomic mass is 10.1. The SMILES string of the molecule is CC[Si](CC)(CC)CC#CCC/C=C(\C)CCCC(=O)OC. The van der Waals surface area contributed by atoms with Crippen LogP contribution in [0.3, 0.4) is 0 Å². The first kappa shape index (κ1) is 21.0. The molecule has 0 rings (SSSR count). The molecule has 0 aliphatic rings. The Morgan fingerprint density at radius 2 is 1.73 bits per heavy atom. The van der Waals surface area contributed by atoms with E-state index in [0.717, 1.165) is 25.7 Å². The number of carbonyl (C=O) groups excluding carboxylic acids is 1. The summed E-state index contributed by atoms with van der Waals surface area (Å²) in [4.78, 5) is 11.0. The molecule has 0 radical (unpaired) electrons. The molecular formula is C19H34O2Si. The van der Waals surface area contributed by atoms with Crippen LogP contribution in [-0.2, 0) is 9.53 Å². The number of allylic oxidation sites excluding steroid dienone is 2. The third-order valence-corrected chi connectivity index (χ3v) is 10.2. The van der Waals surface area contributed by atoms with E-state index < -0.39 is 8.07 Å². The first-order chi connectivity index (χ1) is 10.5. The Morgan fingerprint density at radius 1 is 1.09 bits per heavy atom.